The maximum absolute atomic E-state index is 11.4. The lowest BCUT2D eigenvalue weighted by Gasteiger charge is -2.26. The van der Waals surface area contributed by atoms with Crippen molar-refractivity contribution in [1.82, 2.24) is 5.32 Å². The number of amides is 1. The van der Waals surface area contributed by atoms with Crippen molar-refractivity contribution < 1.29 is 30.0 Å². The van der Waals surface area contributed by atoms with Crippen molar-refractivity contribution in [3.63, 3.8) is 0 Å². The summed E-state index contributed by atoms with van der Waals surface area (Å²) >= 11 is 0. The zero-order valence-corrected chi connectivity index (χ0v) is 9.19. The van der Waals surface area contributed by atoms with Gasteiger partial charge in [0, 0.05) is 5.92 Å². The van der Waals surface area contributed by atoms with Crippen LogP contribution in [0.3, 0.4) is 0 Å². The van der Waals surface area contributed by atoms with Gasteiger partial charge in [-0.15, -0.1) is 0 Å². The number of rotatable bonds is 7. The van der Waals surface area contributed by atoms with Gasteiger partial charge in [-0.25, -0.2) is 0 Å². The summed E-state index contributed by atoms with van der Waals surface area (Å²) < 4.78 is 0. The minimum atomic E-state index is -1.70. The lowest BCUT2D eigenvalue weighted by atomic mass is 10.0. The fraction of sp³-hybridized carbons (Fsp3) is 0.800. The van der Waals surface area contributed by atoms with Crippen molar-refractivity contribution in [2.75, 3.05) is 6.61 Å². The molecular weight excluding hydrogens is 230 g/mol. The van der Waals surface area contributed by atoms with E-state index in [2.05, 4.69) is 5.32 Å². The second kappa shape index (κ2) is 6.06. The van der Waals surface area contributed by atoms with E-state index in [1.807, 2.05) is 0 Å². The molecule has 17 heavy (non-hydrogen) atoms. The summed E-state index contributed by atoms with van der Waals surface area (Å²) in [5.74, 6) is -0.489. The third kappa shape index (κ3) is 3.74. The summed E-state index contributed by atoms with van der Waals surface area (Å²) in [6.07, 6.45) is -3.14. The molecule has 0 aromatic rings. The molecule has 0 aliphatic heterocycles. The van der Waals surface area contributed by atoms with Gasteiger partial charge in [-0.05, 0) is 12.8 Å². The van der Waals surface area contributed by atoms with Gasteiger partial charge in [0.05, 0.1) is 6.61 Å². The molecule has 0 aromatic heterocycles. The van der Waals surface area contributed by atoms with E-state index < -0.39 is 31.0 Å². The molecule has 5 N–H and O–H groups in total. The largest absolute Gasteiger partial charge is 0.394 e. The van der Waals surface area contributed by atoms with Gasteiger partial charge in [0.15, 0.2) is 0 Å². The molecule has 0 heterocycles. The van der Waals surface area contributed by atoms with E-state index in [1.165, 1.54) is 0 Å². The van der Waals surface area contributed by atoms with Crippen LogP contribution in [0.4, 0.5) is 0 Å². The molecule has 7 nitrogen and oxygen atoms in total. The van der Waals surface area contributed by atoms with E-state index in [0.29, 0.717) is 0 Å². The number of aliphatic hydroxyl groups excluding tert-OH is 4. The molecular formula is C10H17NO6. The first-order valence-electron chi connectivity index (χ1n) is 5.42. The molecule has 1 aliphatic carbocycles. The average molecular weight is 247 g/mol. The number of hydrogen-bond donors (Lipinski definition) is 5. The summed E-state index contributed by atoms with van der Waals surface area (Å²) in [5.41, 5.74) is 0. The zero-order chi connectivity index (χ0) is 13.0. The molecule has 1 fully saturated rings. The van der Waals surface area contributed by atoms with Gasteiger partial charge in [0.1, 0.15) is 30.6 Å². The summed E-state index contributed by atoms with van der Waals surface area (Å²) in [4.78, 5) is 22.1. The Labute approximate surface area is 98.1 Å². The van der Waals surface area contributed by atoms with Crippen LogP contribution in [0.2, 0.25) is 0 Å². The van der Waals surface area contributed by atoms with Crippen molar-refractivity contribution in [3.05, 3.63) is 0 Å². The first kappa shape index (κ1) is 14.0. The van der Waals surface area contributed by atoms with Crippen LogP contribution in [0, 0.1) is 5.92 Å². The molecule has 98 valence electrons. The predicted molar refractivity (Wildman–Crippen MR) is 55.8 cm³/mol. The smallest absolute Gasteiger partial charge is 0.223 e. The normalized spacial score (nSPS) is 22.4. The van der Waals surface area contributed by atoms with Crippen LogP contribution in [0.15, 0.2) is 0 Å². The van der Waals surface area contributed by atoms with Gasteiger partial charge in [0.2, 0.25) is 5.91 Å². The van der Waals surface area contributed by atoms with Crippen molar-refractivity contribution in [1.29, 1.82) is 0 Å². The third-order valence-corrected chi connectivity index (χ3v) is 2.70. The van der Waals surface area contributed by atoms with Crippen molar-refractivity contribution in [3.8, 4) is 0 Å². The fourth-order valence-corrected chi connectivity index (χ4v) is 1.38. The Morgan fingerprint density at radius 2 is 1.88 bits per heavy atom. The lowest BCUT2D eigenvalue weighted by molar-refractivity contribution is -0.131. The highest BCUT2D eigenvalue weighted by Gasteiger charge is 2.35. The quantitative estimate of drug-likeness (QED) is 0.308. The fourth-order valence-electron chi connectivity index (χ4n) is 1.38. The van der Waals surface area contributed by atoms with E-state index in [9.17, 15) is 19.8 Å². The Morgan fingerprint density at radius 3 is 2.29 bits per heavy atom. The molecule has 0 spiro atoms. The minimum Gasteiger partial charge on any atom is -0.394 e. The Morgan fingerprint density at radius 1 is 1.29 bits per heavy atom. The summed E-state index contributed by atoms with van der Waals surface area (Å²) in [5, 5.41) is 38.9. The molecule has 0 unspecified atom stereocenters. The SMILES string of the molecule is O=C[C@@H](NC(=O)C1CC1)[C@@H](O)[C@H](O)[C@H](O)CO. The second-order valence-electron chi connectivity index (χ2n) is 4.18. The van der Waals surface area contributed by atoms with E-state index in [1.54, 1.807) is 0 Å². The third-order valence-electron chi connectivity index (χ3n) is 2.70. The number of carbonyl (C=O) groups is 2. The predicted octanol–water partition coefficient (Wildman–Crippen LogP) is -2.84. The monoisotopic (exact) mass is 247 g/mol. The molecule has 0 bridgehead atoms. The van der Waals surface area contributed by atoms with Gasteiger partial charge in [-0.1, -0.05) is 0 Å². The summed E-state index contributed by atoms with van der Waals surface area (Å²) in [6.45, 7) is -0.750. The molecule has 0 aromatic carbocycles. The van der Waals surface area contributed by atoms with E-state index in [4.69, 9.17) is 10.2 Å². The highest BCUT2D eigenvalue weighted by atomic mass is 16.4. The minimum absolute atomic E-state index is 0.135. The molecule has 7 heteroatoms. The molecule has 1 rings (SSSR count). The van der Waals surface area contributed by atoms with Crippen LogP contribution in [0.25, 0.3) is 0 Å². The van der Waals surface area contributed by atoms with Crippen LogP contribution < -0.4 is 5.32 Å². The van der Waals surface area contributed by atoms with Crippen molar-refractivity contribution >= 4 is 12.2 Å². The van der Waals surface area contributed by atoms with Crippen LogP contribution in [0.5, 0.6) is 0 Å². The van der Waals surface area contributed by atoms with Gasteiger partial charge >= 0.3 is 0 Å². The molecule has 1 aliphatic rings. The summed E-state index contributed by atoms with van der Waals surface area (Å²) in [7, 11) is 0. The molecule has 4 atom stereocenters. The van der Waals surface area contributed by atoms with Gasteiger partial charge in [0.25, 0.3) is 0 Å². The maximum atomic E-state index is 11.4. The van der Waals surface area contributed by atoms with E-state index in [-0.39, 0.29) is 18.1 Å². The van der Waals surface area contributed by atoms with Crippen LogP contribution >= 0.6 is 0 Å². The second-order valence-corrected chi connectivity index (χ2v) is 4.18. The number of aliphatic hydroxyl groups is 4. The first-order chi connectivity index (χ1) is 8.01. The number of hydrogen-bond acceptors (Lipinski definition) is 6. The number of aldehydes is 1. The standard InChI is InChI=1S/C10H17NO6/c12-3-6(11-10(17)5-1-2-5)8(15)9(16)7(14)4-13/h3,5-9,13-16H,1-2,4H2,(H,11,17)/t6-,7-,8-,9-/m1/s1. The molecule has 1 saturated carbocycles. The first-order valence-corrected chi connectivity index (χ1v) is 5.42. The highest BCUT2D eigenvalue weighted by molar-refractivity contribution is 5.83. The van der Waals surface area contributed by atoms with Crippen LogP contribution in [0.1, 0.15) is 12.8 Å². The Kier molecular flexibility index (Phi) is 5.01. The van der Waals surface area contributed by atoms with Crippen LogP contribution in [-0.4, -0.2) is 63.6 Å². The Hall–Kier alpha value is -1.02. The molecule has 0 saturated heterocycles. The topological polar surface area (TPSA) is 127 Å². The van der Waals surface area contributed by atoms with E-state index in [0.717, 1.165) is 12.8 Å². The van der Waals surface area contributed by atoms with Crippen molar-refractivity contribution in [2.24, 2.45) is 5.92 Å². The zero-order valence-electron chi connectivity index (χ0n) is 9.19. The number of nitrogens with one attached hydrogen (secondary N) is 1. The Bertz CT molecular complexity index is 280. The van der Waals surface area contributed by atoms with Gasteiger partial charge in [-0.3, -0.25) is 4.79 Å². The Balaban J connectivity index is 2.52. The number of carbonyl (C=O) groups excluding carboxylic acids is 2. The van der Waals surface area contributed by atoms with Crippen molar-refractivity contribution in [2.45, 2.75) is 37.2 Å². The highest BCUT2D eigenvalue weighted by Crippen LogP contribution is 2.28. The lowest BCUT2D eigenvalue weighted by Crippen LogP contribution is -2.53. The molecule has 1 amide bonds. The summed E-state index contributed by atoms with van der Waals surface area (Å²) in [6, 6.07) is -1.29. The average Bonchev–Trinajstić information content (AvgIpc) is 3.16. The van der Waals surface area contributed by atoms with E-state index >= 15 is 0 Å². The van der Waals surface area contributed by atoms with Gasteiger partial charge in [-0.2, -0.15) is 0 Å². The maximum Gasteiger partial charge on any atom is 0.223 e. The van der Waals surface area contributed by atoms with Crippen LogP contribution in [-0.2, 0) is 9.59 Å². The van der Waals surface area contributed by atoms with Gasteiger partial charge < -0.3 is 30.5 Å². The molecule has 0 radical (unpaired) electrons.